The van der Waals surface area contributed by atoms with E-state index in [1.165, 1.54) is 4.90 Å². The summed E-state index contributed by atoms with van der Waals surface area (Å²) in [6.45, 7) is 1.77. The summed E-state index contributed by atoms with van der Waals surface area (Å²) in [5.74, 6) is -0.224. The Labute approximate surface area is 99.9 Å². The zero-order valence-electron chi connectivity index (χ0n) is 9.65. The second kappa shape index (κ2) is 5.27. The number of hydrogen-bond acceptors (Lipinski definition) is 4. The number of nitrogens with one attached hydrogen (secondary N) is 1. The van der Waals surface area contributed by atoms with E-state index in [0.29, 0.717) is 0 Å². The monoisotopic (exact) mass is 238 g/mol. The van der Waals surface area contributed by atoms with Gasteiger partial charge in [0.15, 0.2) is 0 Å². The van der Waals surface area contributed by atoms with Crippen molar-refractivity contribution < 1.29 is 14.4 Å². The molecule has 0 aromatic rings. The van der Waals surface area contributed by atoms with Crippen molar-refractivity contribution in [1.29, 1.82) is 0 Å². The second-order valence-corrected chi connectivity index (χ2v) is 4.40. The van der Waals surface area contributed by atoms with Gasteiger partial charge in [0.25, 0.3) is 0 Å². The quantitative estimate of drug-likeness (QED) is 0.651. The third-order valence-electron chi connectivity index (χ3n) is 3.31. The first-order valence-electron chi connectivity index (χ1n) is 5.85. The lowest BCUT2D eigenvalue weighted by Crippen LogP contribution is -2.58. The molecule has 93 valence electrons. The standard InChI is InChI=1S/C11H16N3O3/c15-6-5-13-7-11(17)14(8-10(13)16)9-1-3-12-4-2-9/h9,12H,1-5,7-8H2. The molecule has 1 N–H and O–H groups in total. The molecule has 1 radical (unpaired) electrons. The van der Waals surface area contributed by atoms with Gasteiger partial charge in [-0.25, -0.2) is 0 Å². The summed E-state index contributed by atoms with van der Waals surface area (Å²) in [4.78, 5) is 36.8. The van der Waals surface area contributed by atoms with E-state index < -0.39 is 0 Å². The Morgan fingerprint density at radius 2 is 1.88 bits per heavy atom. The first-order chi connectivity index (χ1) is 8.22. The summed E-state index contributed by atoms with van der Waals surface area (Å²) in [5.41, 5.74) is 0. The summed E-state index contributed by atoms with van der Waals surface area (Å²) in [7, 11) is 0. The SMILES string of the molecule is O=[C]CN1CC(=O)N(C2CCNCC2)CC1=O. The predicted octanol–water partition coefficient (Wildman–Crippen LogP) is -1.48. The Balaban J connectivity index is 1.98. The van der Waals surface area contributed by atoms with E-state index in [4.69, 9.17) is 0 Å². The average Bonchev–Trinajstić information content (AvgIpc) is 2.35. The topological polar surface area (TPSA) is 69.7 Å². The van der Waals surface area contributed by atoms with Crippen LogP contribution in [0.3, 0.4) is 0 Å². The van der Waals surface area contributed by atoms with Gasteiger partial charge in [0.2, 0.25) is 18.1 Å². The van der Waals surface area contributed by atoms with Crippen LogP contribution in [-0.2, 0) is 14.4 Å². The number of piperazine rings is 1. The lowest BCUT2D eigenvalue weighted by Gasteiger charge is -2.39. The van der Waals surface area contributed by atoms with Crippen LogP contribution >= 0.6 is 0 Å². The molecule has 0 spiro atoms. The number of carbonyl (C=O) groups excluding carboxylic acids is 3. The van der Waals surface area contributed by atoms with Gasteiger partial charge in [-0.3, -0.25) is 14.4 Å². The fourth-order valence-corrected chi connectivity index (χ4v) is 2.35. The van der Waals surface area contributed by atoms with Crippen LogP contribution in [0.1, 0.15) is 12.8 Å². The predicted molar refractivity (Wildman–Crippen MR) is 59.9 cm³/mol. The minimum Gasteiger partial charge on any atom is -0.329 e. The lowest BCUT2D eigenvalue weighted by molar-refractivity contribution is -0.152. The fourth-order valence-electron chi connectivity index (χ4n) is 2.35. The van der Waals surface area contributed by atoms with E-state index in [9.17, 15) is 14.4 Å². The van der Waals surface area contributed by atoms with Crippen molar-refractivity contribution in [2.24, 2.45) is 0 Å². The van der Waals surface area contributed by atoms with Crippen molar-refractivity contribution in [1.82, 2.24) is 15.1 Å². The van der Waals surface area contributed by atoms with Crippen LogP contribution in [0.4, 0.5) is 0 Å². The van der Waals surface area contributed by atoms with Crippen molar-refractivity contribution in [3.63, 3.8) is 0 Å². The lowest BCUT2D eigenvalue weighted by atomic mass is 10.0. The highest BCUT2D eigenvalue weighted by molar-refractivity contribution is 5.93. The summed E-state index contributed by atoms with van der Waals surface area (Å²) in [6.07, 6.45) is 3.43. The highest BCUT2D eigenvalue weighted by atomic mass is 16.2. The third kappa shape index (κ3) is 2.63. The first kappa shape index (κ1) is 12.0. The van der Waals surface area contributed by atoms with Crippen molar-refractivity contribution in [2.75, 3.05) is 32.7 Å². The summed E-state index contributed by atoms with van der Waals surface area (Å²) in [6, 6.07) is 0.162. The molecule has 0 saturated carbocycles. The molecule has 0 aromatic heterocycles. The van der Waals surface area contributed by atoms with Crippen LogP contribution in [0.5, 0.6) is 0 Å². The Hall–Kier alpha value is -1.43. The van der Waals surface area contributed by atoms with Gasteiger partial charge in [0, 0.05) is 6.04 Å². The van der Waals surface area contributed by atoms with Gasteiger partial charge in [-0.15, -0.1) is 0 Å². The van der Waals surface area contributed by atoms with Crippen molar-refractivity contribution in [3.05, 3.63) is 0 Å². The first-order valence-corrected chi connectivity index (χ1v) is 5.85. The molecule has 0 aliphatic carbocycles. The maximum absolute atomic E-state index is 11.9. The molecule has 0 atom stereocenters. The smallest absolute Gasteiger partial charge is 0.243 e. The van der Waals surface area contributed by atoms with Gasteiger partial charge in [-0.05, 0) is 25.9 Å². The van der Waals surface area contributed by atoms with Gasteiger partial charge in [0.1, 0.15) is 13.1 Å². The molecule has 2 rings (SSSR count). The maximum Gasteiger partial charge on any atom is 0.243 e. The van der Waals surface area contributed by atoms with Crippen LogP contribution in [0.15, 0.2) is 0 Å². The number of piperidine rings is 1. The van der Waals surface area contributed by atoms with Gasteiger partial charge in [0.05, 0.1) is 6.54 Å². The molecule has 0 aromatic carbocycles. The summed E-state index contributed by atoms with van der Waals surface area (Å²) >= 11 is 0. The molecular formula is C11H16N3O3. The second-order valence-electron chi connectivity index (χ2n) is 4.40. The Kier molecular flexibility index (Phi) is 3.73. The van der Waals surface area contributed by atoms with Gasteiger partial charge >= 0.3 is 0 Å². The van der Waals surface area contributed by atoms with Crippen molar-refractivity contribution in [3.8, 4) is 0 Å². The largest absolute Gasteiger partial charge is 0.329 e. The highest BCUT2D eigenvalue weighted by Gasteiger charge is 2.34. The highest BCUT2D eigenvalue weighted by Crippen LogP contribution is 2.15. The van der Waals surface area contributed by atoms with Crippen LogP contribution in [-0.4, -0.2) is 66.7 Å². The molecule has 2 saturated heterocycles. The molecule has 2 aliphatic heterocycles. The molecule has 6 heteroatoms. The molecule has 6 nitrogen and oxygen atoms in total. The number of amides is 2. The number of nitrogens with zero attached hydrogens (tertiary/aromatic N) is 2. The summed E-state index contributed by atoms with van der Waals surface area (Å²) < 4.78 is 0. The Bertz CT molecular complexity index is 326. The van der Waals surface area contributed by atoms with E-state index >= 15 is 0 Å². The van der Waals surface area contributed by atoms with Gasteiger partial charge < -0.3 is 15.1 Å². The molecule has 2 amide bonds. The normalized spacial score (nSPS) is 23.1. The molecule has 0 bridgehead atoms. The Morgan fingerprint density at radius 1 is 1.18 bits per heavy atom. The number of carbonyl (C=O) groups is 2. The molecule has 0 unspecified atom stereocenters. The van der Waals surface area contributed by atoms with Gasteiger partial charge in [-0.2, -0.15) is 0 Å². The van der Waals surface area contributed by atoms with Crippen LogP contribution in [0.25, 0.3) is 0 Å². The zero-order chi connectivity index (χ0) is 12.3. The molecule has 2 heterocycles. The third-order valence-corrected chi connectivity index (χ3v) is 3.31. The summed E-state index contributed by atoms with van der Waals surface area (Å²) in [5, 5.41) is 3.22. The van der Waals surface area contributed by atoms with E-state index in [-0.39, 0.29) is 37.5 Å². The Morgan fingerprint density at radius 3 is 2.53 bits per heavy atom. The number of hydrogen-bond donors (Lipinski definition) is 1. The molecular weight excluding hydrogens is 222 g/mol. The molecule has 2 aliphatic rings. The van der Waals surface area contributed by atoms with Crippen LogP contribution in [0.2, 0.25) is 0 Å². The van der Waals surface area contributed by atoms with Crippen LogP contribution in [0, 0.1) is 0 Å². The van der Waals surface area contributed by atoms with Crippen LogP contribution < -0.4 is 5.32 Å². The van der Waals surface area contributed by atoms with E-state index in [0.717, 1.165) is 25.9 Å². The fraction of sp³-hybridized carbons (Fsp3) is 0.727. The average molecular weight is 238 g/mol. The molecule has 17 heavy (non-hydrogen) atoms. The van der Waals surface area contributed by atoms with E-state index in [1.54, 1.807) is 11.2 Å². The molecule has 2 fully saturated rings. The minimum atomic E-state index is -0.161. The van der Waals surface area contributed by atoms with Gasteiger partial charge in [-0.1, -0.05) is 0 Å². The maximum atomic E-state index is 11.9. The van der Waals surface area contributed by atoms with E-state index in [1.807, 2.05) is 0 Å². The number of rotatable bonds is 3. The van der Waals surface area contributed by atoms with E-state index in [2.05, 4.69) is 5.32 Å². The minimum absolute atomic E-state index is 0.0119. The van der Waals surface area contributed by atoms with Crippen molar-refractivity contribution in [2.45, 2.75) is 18.9 Å². The van der Waals surface area contributed by atoms with Crippen molar-refractivity contribution >= 4 is 18.1 Å². The zero-order valence-corrected chi connectivity index (χ0v) is 9.65.